The van der Waals surface area contributed by atoms with Gasteiger partial charge in [-0.3, -0.25) is 4.79 Å². The van der Waals surface area contributed by atoms with Crippen molar-refractivity contribution in [2.45, 2.75) is 295 Å². The third kappa shape index (κ3) is 38.6. The average molecular weight is 794 g/mol. The maximum absolute atomic E-state index is 12.5. The van der Waals surface area contributed by atoms with E-state index in [2.05, 4.69) is 31.3 Å². The van der Waals surface area contributed by atoms with Crippen molar-refractivity contribution in [3.63, 3.8) is 0 Å². The Kier molecular flexibility index (Phi) is 44.4. The molecule has 6 heteroatoms. The van der Waals surface area contributed by atoms with Gasteiger partial charge in [0.2, 0.25) is 5.91 Å². The second-order valence-corrected chi connectivity index (χ2v) is 17.5. The third-order valence-electron chi connectivity index (χ3n) is 12.0. The van der Waals surface area contributed by atoms with Gasteiger partial charge in [-0.2, -0.15) is 0 Å². The molecular formula is C50H99NO5. The van der Waals surface area contributed by atoms with Gasteiger partial charge >= 0.3 is 0 Å². The number of allylic oxidation sites excluding steroid dienone is 2. The van der Waals surface area contributed by atoms with Crippen LogP contribution in [0.25, 0.3) is 0 Å². The molecule has 334 valence electrons. The van der Waals surface area contributed by atoms with Gasteiger partial charge in [-0.1, -0.05) is 244 Å². The third-order valence-corrected chi connectivity index (χ3v) is 12.0. The van der Waals surface area contributed by atoms with Crippen molar-refractivity contribution in [1.82, 2.24) is 5.32 Å². The first-order chi connectivity index (χ1) is 27.5. The number of unbranched alkanes of at least 4 members (excludes halogenated alkanes) is 35. The minimum atomic E-state index is -1.28. The Labute approximate surface area is 349 Å². The molecular weight excluding hydrogens is 695 g/mol. The second kappa shape index (κ2) is 45.1. The van der Waals surface area contributed by atoms with Gasteiger partial charge in [-0.25, -0.2) is 0 Å². The van der Waals surface area contributed by atoms with Gasteiger partial charge in [0.1, 0.15) is 12.2 Å². The Morgan fingerprint density at radius 1 is 0.429 bits per heavy atom. The maximum atomic E-state index is 12.5. The van der Waals surface area contributed by atoms with Crippen LogP contribution in [-0.4, -0.2) is 57.3 Å². The molecule has 6 nitrogen and oxygen atoms in total. The predicted molar refractivity (Wildman–Crippen MR) is 242 cm³/mol. The zero-order valence-electron chi connectivity index (χ0n) is 37.7. The van der Waals surface area contributed by atoms with Crippen LogP contribution in [0.2, 0.25) is 0 Å². The summed E-state index contributed by atoms with van der Waals surface area (Å²) < 4.78 is 0. The minimum Gasteiger partial charge on any atom is -0.394 e. The highest BCUT2D eigenvalue weighted by atomic mass is 16.3. The van der Waals surface area contributed by atoms with E-state index in [4.69, 9.17) is 0 Å². The first-order valence-corrected chi connectivity index (χ1v) is 25.1. The van der Waals surface area contributed by atoms with E-state index in [1.165, 1.54) is 205 Å². The highest BCUT2D eigenvalue weighted by Crippen LogP contribution is 2.17. The summed E-state index contributed by atoms with van der Waals surface area (Å²) in [6.45, 7) is 4.07. The number of carbonyl (C=O) groups is 1. The summed E-state index contributed by atoms with van der Waals surface area (Å²) in [6, 6.07) is -0.997. The molecule has 0 rings (SSSR count). The van der Waals surface area contributed by atoms with Crippen LogP contribution in [0.3, 0.4) is 0 Å². The van der Waals surface area contributed by atoms with E-state index in [0.717, 1.165) is 38.5 Å². The fourth-order valence-electron chi connectivity index (χ4n) is 7.99. The molecule has 0 saturated carbocycles. The van der Waals surface area contributed by atoms with Crippen LogP contribution in [0.5, 0.6) is 0 Å². The summed E-state index contributed by atoms with van der Waals surface area (Å²) in [5.74, 6) is -0.589. The minimum absolute atomic E-state index is 0.368. The van der Waals surface area contributed by atoms with Gasteiger partial charge < -0.3 is 25.7 Å². The standard InChI is InChI=1S/C50H99NO5/c1-3-5-7-9-11-13-15-17-19-21-22-23-24-25-26-28-29-31-33-35-37-39-41-43-47(53)49(55)46(45-52)51-50(56)48(54)44-42-40-38-36-34-32-30-27-20-18-16-14-12-10-8-6-4-2/h35,37,46-49,52-55H,3-34,36,38-45H2,1-2H3,(H,51,56)/b37-35+. The molecule has 1 amide bonds. The molecule has 0 spiro atoms. The number of aliphatic hydroxyl groups is 4. The van der Waals surface area contributed by atoms with Crippen molar-refractivity contribution >= 4 is 5.91 Å². The summed E-state index contributed by atoms with van der Waals surface area (Å²) in [5.41, 5.74) is 0. The molecule has 0 aromatic carbocycles. The lowest BCUT2D eigenvalue weighted by atomic mass is 10.00. The van der Waals surface area contributed by atoms with Crippen LogP contribution in [-0.2, 0) is 4.79 Å². The van der Waals surface area contributed by atoms with Gasteiger partial charge in [0, 0.05) is 0 Å². The highest BCUT2D eigenvalue weighted by Gasteiger charge is 2.28. The average Bonchev–Trinajstić information content (AvgIpc) is 3.20. The van der Waals surface area contributed by atoms with Gasteiger partial charge in [-0.05, 0) is 38.5 Å². The Balaban J connectivity index is 3.68. The van der Waals surface area contributed by atoms with E-state index >= 15 is 0 Å². The lowest BCUT2D eigenvalue weighted by molar-refractivity contribution is -0.132. The van der Waals surface area contributed by atoms with E-state index < -0.39 is 36.9 Å². The van der Waals surface area contributed by atoms with Gasteiger partial charge in [-0.15, -0.1) is 0 Å². The number of hydrogen-bond acceptors (Lipinski definition) is 5. The number of hydrogen-bond donors (Lipinski definition) is 5. The maximum Gasteiger partial charge on any atom is 0.249 e. The van der Waals surface area contributed by atoms with Crippen molar-refractivity contribution in [2.24, 2.45) is 0 Å². The highest BCUT2D eigenvalue weighted by molar-refractivity contribution is 5.80. The van der Waals surface area contributed by atoms with Crippen molar-refractivity contribution in [2.75, 3.05) is 6.61 Å². The van der Waals surface area contributed by atoms with Gasteiger partial charge in [0.25, 0.3) is 0 Å². The molecule has 5 N–H and O–H groups in total. The van der Waals surface area contributed by atoms with E-state index in [1.807, 2.05) is 0 Å². The van der Waals surface area contributed by atoms with Crippen LogP contribution in [0.1, 0.15) is 271 Å². The first-order valence-electron chi connectivity index (χ1n) is 25.1. The molecule has 0 radical (unpaired) electrons. The van der Waals surface area contributed by atoms with Gasteiger partial charge in [0.05, 0.1) is 18.8 Å². The van der Waals surface area contributed by atoms with E-state index in [9.17, 15) is 25.2 Å². The molecule has 0 aromatic rings. The molecule has 0 aromatic heterocycles. The zero-order valence-corrected chi connectivity index (χ0v) is 37.7. The van der Waals surface area contributed by atoms with Crippen molar-refractivity contribution in [1.29, 1.82) is 0 Å². The van der Waals surface area contributed by atoms with E-state index in [0.29, 0.717) is 12.8 Å². The number of nitrogens with one attached hydrogen (secondary N) is 1. The fourth-order valence-corrected chi connectivity index (χ4v) is 7.99. The lowest BCUT2D eigenvalue weighted by Crippen LogP contribution is -2.53. The van der Waals surface area contributed by atoms with E-state index in [-0.39, 0.29) is 0 Å². The molecule has 0 aliphatic rings. The monoisotopic (exact) mass is 794 g/mol. The number of aliphatic hydroxyl groups excluding tert-OH is 4. The zero-order chi connectivity index (χ0) is 41.0. The normalized spacial score (nSPS) is 14.0. The van der Waals surface area contributed by atoms with Crippen LogP contribution in [0.4, 0.5) is 0 Å². The molecule has 0 saturated heterocycles. The predicted octanol–water partition coefficient (Wildman–Crippen LogP) is 13.7. The molecule has 0 aliphatic carbocycles. The lowest BCUT2D eigenvalue weighted by Gasteiger charge is -2.27. The number of amides is 1. The summed E-state index contributed by atoms with van der Waals surface area (Å²) in [6.07, 6.45) is 51.2. The topological polar surface area (TPSA) is 110 Å². The Bertz CT molecular complexity index is 806. The van der Waals surface area contributed by atoms with Crippen molar-refractivity contribution < 1.29 is 25.2 Å². The molecule has 0 fully saturated rings. The Morgan fingerprint density at radius 2 is 0.732 bits per heavy atom. The molecule has 0 aliphatic heterocycles. The van der Waals surface area contributed by atoms with E-state index in [1.54, 1.807) is 0 Å². The Hall–Kier alpha value is -0.950. The van der Waals surface area contributed by atoms with Crippen LogP contribution < -0.4 is 5.32 Å². The summed E-state index contributed by atoms with van der Waals surface area (Å²) in [4.78, 5) is 12.5. The fraction of sp³-hybridized carbons (Fsp3) is 0.940. The molecule has 0 heterocycles. The quantitative estimate of drug-likeness (QED) is 0.0311. The second-order valence-electron chi connectivity index (χ2n) is 17.5. The van der Waals surface area contributed by atoms with Gasteiger partial charge in [0.15, 0.2) is 0 Å². The molecule has 0 bridgehead atoms. The molecule has 56 heavy (non-hydrogen) atoms. The number of carbonyl (C=O) groups excluding carboxylic acids is 1. The molecule has 4 atom stereocenters. The largest absolute Gasteiger partial charge is 0.394 e. The van der Waals surface area contributed by atoms with Crippen LogP contribution >= 0.6 is 0 Å². The van der Waals surface area contributed by atoms with Crippen molar-refractivity contribution in [3.05, 3.63) is 12.2 Å². The SMILES string of the molecule is CCCCCCCCCCCCCCCCCCCC/C=C/CCCC(O)C(O)C(CO)NC(=O)C(O)CCCCCCCCCCCCCCCCCCC. The number of rotatable bonds is 46. The van der Waals surface area contributed by atoms with Crippen molar-refractivity contribution in [3.8, 4) is 0 Å². The summed E-state index contributed by atoms with van der Waals surface area (Å²) >= 11 is 0. The Morgan fingerprint density at radius 3 is 1.07 bits per heavy atom. The van der Waals surface area contributed by atoms with Crippen LogP contribution in [0, 0.1) is 0 Å². The first kappa shape index (κ1) is 55.0. The smallest absolute Gasteiger partial charge is 0.249 e. The summed E-state index contributed by atoms with van der Waals surface area (Å²) in [7, 11) is 0. The molecule has 4 unspecified atom stereocenters. The summed E-state index contributed by atoms with van der Waals surface area (Å²) in [5, 5.41) is 43.8. The van der Waals surface area contributed by atoms with Crippen LogP contribution in [0.15, 0.2) is 12.2 Å².